The molecule has 0 amide bonds. The van der Waals surface area contributed by atoms with Crippen molar-refractivity contribution in [2.75, 3.05) is 6.61 Å². The van der Waals surface area contributed by atoms with Crippen LogP contribution in [0.4, 0.5) is 0 Å². The normalized spacial score (nSPS) is 12.0. The summed E-state index contributed by atoms with van der Waals surface area (Å²) >= 11 is 5.87. The van der Waals surface area contributed by atoms with E-state index in [1.54, 1.807) is 12.1 Å². The van der Waals surface area contributed by atoms with Gasteiger partial charge in [0, 0.05) is 5.02 Å². The summed E-state index contributed by atoms with van der Waals surface area (Å²) in [4.78, 5) is 11.6. The zero-order valence-corrected chi connectivity index (χ0v) is 13.4. The molecule has 2 rings (SSSR count). The first-order chi connectivity index (χ1) is 10.5. The van der Waals surface area contributed by atoms with Crippen molar-refractivity contribution in [2.45, 2.75) is 26.2 Å². The van der Waals surface area contributed by atoms with Crippen LogP contribution in [0.5, 0.6) is 5.75 Å². The Kier molecular flexibility index (Phi) is 5.45. The van der Waals surface area contributed by atoms with Gasteiger partial charge in [0.1, 0.15) is 5.75 Å². The molecule has 0 radical (unpaired) electrons. The lowest BCUT2D eigenvalue weighted by Crippen LogP contribution is -2.14. The molecule has 22 heavy (non-hydrogen) atoms. The molecule has 0 bridgehead atoms. The molecule has 3 nitrogen and oxygen atoms in total. The van der Waals surface area contributed by atoms with Gasteiger partial charge >= 0.3 is 5.97 Å². The van der Waals surface area contributed by atoms with Gasteiger partial charge in [0.05, 0.1) is 12.5 Å². The predicted octanol–water partition coefficient (Wildman–Crippen LogP) is 4.46. The minimum absolute atomic E-state index is 0.430. The first-order valence-corrected chi connectivity index (χ1v) is 7.59. The Labute approximate surface area is 135 Å². The molecule has 1 N–H and O–H groups in total. The number of aliphatic carboxylic acids is 1. The summed E-state index contributed by atoms with van der Waals surface area (Å²) in [5, 5.41) is 10.2. The SMILES string of the molecule is CCOc1ccc(C(Cc2ccc(Cl)cc2)C(=O)O)cc1C. The number of ether oxygens (including phenoxy) is 1. The van der Waals surface area contributed by atoms with Gasteiger partial charge in [-0.25, -0.2) is 0 Å². The number of carbonyl (C=O) groups is 1. The molecule has 0 heterocycles. The van der Waals surface area contributed by atoms with Crippen molar-refractivity contribution in [1.82, 2.24) is 0 Å². The maximum Gasteiger partial charge on any atom is 0.311 e. The highest BCUT2D eigenvalue weighted by Gasteiger charge is 2.21. The number of carboxylic acids is 1. The third-order valence-corrected chi connectivity index (χ3v) is 3.80. The van der Waals surface area contributed by atoms with Crippen molar-refractivity contribution in [2.24, 2.45) is 0 Å². The molecule has 4 heteroatoms. The highest BCUT2D eigenvalue weighted by Crippen LogP contribution is 2.27. The van der Waals surface area contributed by atoms with Crippen LogP contribution < -0.4 is 4.74 Å². The van der Waals surface area contributed by atoms with E-state index in [2.05, 4.69) is 0 Å². The maximum absolute atomic E-state index is 11.6. The summed E-state index contributed by atoms with van der Waals surface area (Å²) in [7, 11) is 0. The van der Waals surface area contributed by atoms with E-state index in [1.165, 1.54) is 0 Å². The van der Waals surface area contributed by atoms with E-state index in [9.17, 15) is 9.90 Å². The topological polar surface area (TPSA) is 46.5 Å². The number of hydrogen-bond donors (Lipinski definition) is 1. The van der Waals surface area contributed by atoms with Gasteiger partial charge < -0.3 is 9.84 Å². The van der Waals surface area contributed by atoms with E-state index >= 15 is 0 Å². The van der Waals surface area contributed by atoms with Crippen LogP contribution in [0.2, 0.25) is 5.02 Å². The second-order valence-corrected chi connectivity index (χ2v) is 5.62. The molecule has 0 aromatic heterocycles. The molecule has 0 saturated heterocycles. The highest BCUT2D eigenvalue weighted by molar-refractivity contribution is 6.30. The van der Waals surface area contributed by atoms with Crippen LogP contribution in [0, 0.1) is 6.92 Å². The number of benzene rings is 2. The van der Waals surface area contributed by atoms with Crippen molar-refractivity contribution in [3.8, 4) is 5.75 Å². The van der Waals surface area contributed by atoms with Crippen LogP contribution in [-0.4, -0.2) is 17.7 Å². The zero-order valence-electron chi connectivity index (χ0n) is 12.7. The van der Waals surface area contributed by atoms with Crippen molar-refractivity contribution >= 4 is 17.6 Å². The number of hydrogen-bond acceptors (Lipinski definition) is 2. The molecule has 116 valence electrons. The average Bonchev–Trinajstić information content (AvgIpc) is 2.48. The first kappa shape index (κ1) is 16.4. The van der Waals surface area contributed by atoms with E-state index < -0.39 is 11.9 Å². The van der Waals surface area contributed by atoms with Gasteiger partial charge in [-0.2, -0.15) is 0 Å². The fourth-order valence-electron chi connectivity index (χ4n) is 2.41. The van der Waals surface area contributed by atoms with Crippen LogP contribution in [0.25, 0.3) is 0 Å². The summed E-state index contributed by atoms with van der Waals surface area (Å²) in [6, 6.07) is 12.8. The van der Waals surface area contributed by atoms with Crippen LogP contribution in [0.15, 0.2) is 42.5 Å². The summed E-state index contributed by atoms with van der Waals surface area (Å²) in [5.74, 6) is -0.629. The van der Waals surface area contributed by atoms with Crippen molar-refractivity contribution in [3.05, 3.63) is 64.2 Å². The van der Waals surface area contributed by atoms with Crippen molar-refractivity contribution in [1.29, 1.82) is 0 Å². The fourth-order valence-corrected chi connectivity index (χ4v) is 2.54. The predicted molar refractivity (Wildman–Crippen MR) is 87.9 cm³/mol. The summed E-state index contributed by atoms with van der Waals surface area (Å²) in [6.07, 6.45) is 0.430. The number of carboxylic acid groups (broad SMARTS) is 1. The first-order valence-electron chi connectivity index (χ1n) is 7.22. The smallest absolute Gasteiger partial charge is 0.311 e. The summed E-state index contributed by atoms with van der Waals surface area (Å²) < 4.78 is 5.50. The Balaban J connectivity index is 2.26. The van der Waals surface area contributed by atoms with Gasteiger partial charge in [0.2, 0.25) is 0 Å². The maximum atomic E-state index is 11.6. The van der Waals surface area contributed by atoms with E-state index in [4.69, 9.17) is 16.3 Å². The second kappa shape index (κ2) is 7.32. The molecule has 1 atom stereocenters. The second-order valence-electron chi connectivity index (χ2n) is 5.18. The molecule has 0 aliphatic rings. The van der Waals surface area contributed by atoms with Gasteiger partial charge in [0.15, 0.2) is 0 Å². The Hall–Kier alpha value is -2.00. The van der Waals surface area contributed by atoms with Crippen molar-refractivity contribution in [3.63, 3.8) is 0 Å². The Morgan fingerprint density at radius 1 is 1.23 bits per heavy atom. The fraction of sp³-hybridized carbons (Fsp3) is 0.278. The quantitative estimate of drug-likeness (QED) is 0.855. The molecule has 0 spiro atoms. The molecule has 0 saturated carbocycles. The van der Waals surface area contributed by atoms with E-state index in [0.29, 0.717) is 18.1 Å². The monoisotopic (exact) mass is 318 g/mol. The summed E-state index contributed by atoms with van der Waals surface area (Å²) in [6.45, 7) is 4.44. The molecule has 0 fully saturated rings. The third kappa shape index (κ3) is 4.01. The van der Waals surface area contributed by atoms with E-state index in [1.807, 2.05) is 44.2 Å². The molecule has 0 aliphatic carbocycles. The van der Waals surface area contributed by atoms with Crippen LogP contribution >= 0.6 is 11.6 Å². The Morgan fingerprint density at radius 2 is 1.91 bits per heavy atom. The van der Waals surface area contributed by atoms with Crippen molar-refractivity contribution < 1.29 is 14.6 Å². The van der Waals surface area contributed by atoms with Crippen LogP contribution in [-0.2, 0) is 11.2 Å². The largest absolute Gasteiger partial charge is 0.494 e. The minimum atomic E-state index is -0.835. The number of halogens is 1. The third-order valence-electron chi connectivity index (χ3n) is 3.55. The van der Waals surface area contributed by atoms with E-state index in [-0.39, 0.29) is 0 Å². The van der Waals surface area contributed by atoms with Gasteiger partial charge in [-0.15, -0.1) is 0 Å². The van der Waals surface area contributed by atoms with Crippen LogP contribution in [0.3, 0.4) is 0 Å². The van der Waals surface area contributed by atoms with Gasteiger partial charge in [-0.3, -0.25) is 4.79 Å². The molecule has 1 unspecified atom stereocenters. The molecule has 2 aromatic rings. The highest BCUT2D eigenvalue weighted by atomic mass is 35.5. The van der Waals surface area contributed by atoms with Gasteiger partial charge in [0.25, 0.3) is 0 Å². The lowest BCUT2D eigenvalue weighted by atomic mass is 9.91. The van der Waals surface area contributed by atoms with Crippen LogP contribution in [0.1, 0.15) is 29.5 Å². The standard InChI is InChI=1S/C18H19ClO3/c1-3-22-17-9-6-14(10-12(17)2)16(18(20)21)11-13-4-7-15(19)8-5-13/h4-10,16H,3,11H2,1-2H3,(H,20,21). The lowest BCUT2D eigenvalue weighted by Gasteiger charge is -2.15. The number of rotatable bonds is 6. The van der Waals surface area contributed by atoms with Gasteiger partial charge in [-0.1, -0.05) is 35.9 Å². The Morgan fingerprint density at radius 3 is 2.45 bits per heavy atom. The van der Waals surface area contributed by atoms with E-state index in [0.717, 1.165) is 22.4 Å². The molecule has 2 aromatic carbocycles. The number of aryl methyl sites for hydroxylation is 1. The minimum Gasteiger partial charge on any atom is -0.494 e. The average molecular weight is 319 g/mol. The zero-order chi connectivity index (χ0) is 16.1. The Bertz CT molecular complexity index is 650. The molecular weight excluding hydrogens is 300 g/mol. The lowest BCUT2D eigenvalue weighted by molar-refractivity contribution is -0.138. The summed E-state index contributed by atoms with van der Waals surface area (Å²) in [5.41, 5.74) is 2.67. The molecule has 0 aliphatic heterocycles. The van der Waals surface area contributed by atoms with Gasteiger partial charge in [-0.05, 0) is 55.2 Å². The molecular formula is C18H19ClO3.